The lowest BCUT2D eigenvalue weighted by Crippen LogP contribution is -2.33. The first-order valence-electron chi connectivity index (χ1n) is 11.4. The van der Waals surface area contributed by atoms with Crippen LogP contribution in [0.2, 0.25) is 0 Å². The smallest absolute Gasteiger partial charge is 0.213 e. The fourth-order valence-electron chi connectivity index (χ4n) is 4.49. The average molecular weight is 427 g/mol. The summed E-state index contributed by atoms with van der Waals surface area (Å²) in [6.07, 6.45) is 0.606. The number of ether oxygens (including phenoxy) is 2. The highest BCUT2D eigenvalue weighted by Crippen LogP contribution is 2.47. The summed E-state index contributed by atoms with van der Waals surface area (Å²) in [4.78, 5) is 0. The largest absolute Gasteiger partial charge is 0.494 e. The Hall–Kier alpha value is -3.27. The molecule has 3 aromatic rings. The fraction of sp³-hybridized carbons (Fsp3) is 0.321. The topological polar surface area (TPSA) is 34.1 Å². The summed E-state index contributed by atoms with van der Waals surface area (Å²) in [5.41, 5.74) is 5.95. The number of benzene rings is 3. The van der Waals surface area contributed by atoms with E-state index in [0.29, 0.717) is 6.61 Å². The lowest BCUT2D eigenvalue weighted by molar-refractivity contribution is -0.0190. The number of para-hydroxylation sites is 1. The van der Waals surface area contributed by atoms with E-state index in [2.05, 4.69) is 80.4 Å². The molecule has 3 aromatic carbocycles. The van der Waals surface area contributed by atoms with Gasteiger partial charge in [0.2, 0.25) is 6.23 Å². The zero-order chi connectivity index (χ0) is 22.3. The van der Waals surface area contributed by atoms with Crippen LogP contribution in [0.5, 0.6) is 11.5 Å². The maximum atomic E-state index is 6.49. The van der Waals surface area contributed by atoms with Crippen LogP contribution in [0.1, 0.15) is 68.6 Å². The number of hydrazone groups is 1. The predicted octanol–water partition coefficient (Wildman–Crippen LogP) is 6.63. The second kappa shape index (κ2) is 8.01. The minimum atomic E-state index is -0.246. The lowest BCUT2D eigenvalue weighted by atomic mass is 9.86. The van der Waals surface area contributed by atoms with Crippen LogP contribution in [0.25, 0.3) is 0 Å². The summed E-state index contributed by atoms with van der Waals surface area (Å²) in [7, 11) is 0. The number of hydrogen-bond acceptors (Lipinski definition) is 4. The van der Waals surface area contributed by atoms with E-state index in [9.17, 15) is 0 Å². The molecule has 0 unspecified atom stereocenters. The summed E-state index contributed by atoms with van der Waals surface area (Å²) in [5, 5.41) is 7.21. The maximum Gasteiger partial charge on any atom is 0.213 e. The molecule has 2 atom stereocenters. The summed E-state index contributed by atoms with van der Waals surface area (Å²) in [6, 6.07) is 25.5. The molecule has 0 N–H and O–H groups in total. The number of nitrogens with zero attached hydrogens (tertiary/aromatic N) is 2. The second-order valence-electron chi connectivity index (χ2n) is 9.48. The summed E-state index contributed by atoms with van der Waals surface area (Å²) < 4.78 is 12.1. The van der Waals surface area contributed by atoms with Crippen LogP contribution < -0.4 is 9.47 Å². The van der Waals surface area contributed by atoms with Crippen LogP contribution in [0.15, 0.2) is 77.9 Å². The Morgan fingerprint density at radius 2 is 1.69 bits per heavy atom. The second-order valence-corrected chi connectivity index (χ2v) is 9.48. The van der Waals surface area contributed by atoms with Crippen LogP contribution in [0.3, 0.4) is 0 Å². The lowest BCUT2D eigenvalue weighted by Gasteiger charge is -2.38. The number of fused-ring (bicyclic) bond motifs is 3. The molecule has 0 spiro atoms. The van der Waals surface area contributed by atoms with Crippen molar-refractivity contribution in [1.29, 1.82) is 0 Å². The van der Waals surface area contributed by atoms with Gasteiger partial charge in [-0.2, -0.15) is 5.10 Å². The van der Waals surface area contributed by atoms with Crippen molar-refractivity contribution in [3.63, 3.8) is 0 Å². The van der Waals surface area contributed by atoms with Crippen LogP contribution in [-0.2, 0) is 5.41 Å². The molecule has 4 nitrogen and oxygen atoms in total. The molecule has 2 aliphatic rings. The molecular formula is C28H30N2O2. The Balaban J connectivity index is 1.50. The highest BCUT2D eigenvalue weighted by molar-refractivity contribution is 6.02. The molecule has 164 valence electrons. The standard InChI is InChI=1S/C28H30N2O2/c1-5-31-22-16-12-19(13-17-22)24-18-25-23-8-6-7-9-26(23)32-27(30(25)29-24)20-10-14-21(15-11-20)28(2,3)4/h6-17,25,27H,5,18H2,1-4H3/t25-,27-/m1/s1. The van der Waals surface area contributed by atoms with E-state index in [0.717, 1.165) is 34.8 Å². The number of rotatable bonds is 4. The molecule has 0 saturated carbocycles. The van der Waals surface area contributed by atoms with Crippen LogP contribution in [-0.4, -0.2) is 17.3 Å². The molecule has 0 radical (unpaired) electrons. The molecular weight excluding hydrogens is 396 g/mol. The van der Waals surface area contributed by atoms with Gasteiger partial charge in [-0.1, -0.05) is 63.2 Å². The minimum Gasteiger partial charge on any atom is -0.494 e. The Morgan fingerprint density at radius 3 is 2.38 bits per heavy atom. The fourth-order valence-corrected chi connectivity index (χ4v) is 4.49. The molecule has 0 saturated heterocycles. The van der Waals surface area contributed by atoms with E-state index < -0.39 is 0 Å². The Bertz CT molecular complexity index is 1130. The van der Waals surface area contributed by atoms with Gasteiger partial charge >= 0.3 is 0 Å². The van der Waals surface area contributed by atoms with Crippen molar-refractivity contribution in [3.05, 3.63) is 95.1 Å². The highest BCUT2D eigenvalue weighted by atomic mass is 16.5. The molecule has 0 fully saturated rings. The normalized spacial score (nSPS) is 19.6. The van der Waals surface area contributed by atoms with Crippen LogP contribution in [0, 0.1) is 0 Å². The van der Waals surface area contributed by atoms with E-state index in [4.69, 9.17) is 14.6 Å². The van der Waals surface area contributed by atoms with E-state index >= 15 is 0 Å². The first-order valence-corrected chi connectivity index (χ1v) is 11.4. The Labute approximate surface area is 190 Å². The molecule has 32 heavy (non-hydrogen) atoms. The van der Waals surface area contributed by atoms with Gasteiger partial charge in [0, 0.05) is 17.5 Å². The van der Waals surface area contributed by atoms with Gasteiger partial charge in [0.05, 0.1) is 18.4 Å². The van der Waals surface area contributed by atoms with Crippen molar-refractivity contribution in [2.45, 2.75) is 51.8 Å². The van der Waals surface area contributed by atoms with Gasteiger partial charge in [0.25, 0.3) is 0 Å². The zero-order valence-corrected chi connectivity index (χ0v) is 19.2. The third-order valence-electron chi connectivity index (χ3n) is 6.26. The highest BCUT2D eigenvalue weighted by Gasteiger charge is 2.40. The van der Waals surface area contributed by atoms with E-state index in [-0.39, 0.29) is 17.7 Å². The molecule has 2 heterocycles. The minimum absolute atomic E-state index is 0.119. The zero-order valence-electron chi connectivity index (χ0n) is 19.2. The SMILES string of the molecule is CCOc1ccc(C2=NN3[C@H](C2)c2ccccc2O[C@@H]3c2ccc(C(C)(C)C)cc2)cc1. The molecule has 0 bridgehead atoms. The Kier molecular flexibility index (Phi) is 5.16. The van der Waals surface area contributed by atoms with Crippen molar-refractivity contribution in [2.75, 3.05) is 6.61 Å². The van der Waals surface area contributed by atoms with Gasteiger partial charge in [-0.15, -0.1) is 0 Å². The van der Waals surface area contributed by atoms with E-state index in [1.165, 1.54) is 11.1 Å². The van der Waals surface area contributed by atoms with Crippen molar-refractivity contribution >= 4 is 5.71 Å². The molecule has 5 rings (SSSR count). The van der Waals surface area contributed by atoms with Crippen molar-refractivity contribution in [2.24, 2.45) is 5.10 Å². The summed E-state index contributed by atoms with van der Waals surface area (Å²) >= 11 is 0. The third kappa shape index (κ3) is 3.75. The van der Waals surface area contributed by atoms with Gasteiger partial charge in [-0.3, -0.25) is 0 Å². The average Bonchev–Trinajstić information content (AvgIpc) is 3.25. The summed E-state index contributed by atoms with van der Waals surface area (Å²) in [6.45, 7) is 9.37. The van der Waals surface area contributed by atoms with Gasteiger partial charge in [0.1, 0.15) is 11.5 Å². The van der Waals surface area contributed by atoms with Crippen molar-refractivity contribution in [1.82, 2.24) is 5.01 Å². The molecule has 0 aromatic heterocycles. The molecule has 0 aliphatic carbocycles. The van der Waals surface area contributed by atoms with Crippen LogP contribution >= 0.6 is 0 Å². The monoisotopic (exact) mass is 426 g/mol. The van der Waals surface area contributed by atoms with Crippen molar-refractivity contribution < 1.29 is 9.47 Å². The molecule has 0 amide bonds. The molecule has 2 aliphatic heterocycles. The maximum absolute atomic E-state index is 6.49. The van der Waals surface area contributed by atoms with Crippen LogP contribution in [0.4, 0.5) is 0 Å². The third-order valence-corrected chi connectivity index (χ3v) is 6.26. The Morgan fingerprint density at radius 1 is 0.969 bits per heavy atom. The van der Waals surface area contributed by atoms with Gasteiger partial charge in [-0.25, -0.2) is 5.01 Å². The predicted molar refractivity (Wildman–Crippen MR) is 128 cm³/mol. The number of hydrogen-bond donors (Lipinski definition) is 0. The van der Waals surface area contributed by atoms with Gasteiger partial charge in [-0.05, 0) is 53.8 Å². The van der Waals surface area contributed by atoms with Crippen molar-refractivity contribution in [3.8, 4) is 11.5 Å². The van der Waals surface area contributed by atoms with E-state index in [1.54, 1.807) is 0 Å². The summed E-state index contributed by atoms with van der Waals surface area (Å²) in [5.74, 6) is 1.83. The first-order chi connectivity index (χ1) is 15.4. The first kappa shape index (κ1) is 20.6. The van der Waals surface area contributed by atoms with Gasteiger partial charge in [0.15, 0.2) is 0 Å². The molecule has 4 heteroatoms. The van der Waals surface area contributed by atoms with E-state index in [1.807, 2.05) is 25.1 Å². The van der Waals surface area contributed by atoms with Gasteiger partial charge < -0.3 is 9.47 Å². The quantitative estimate of drug-likeness (QED) is 0.470.